The van der Waals surface area contributed by atoms with E-state index in [1.54, 1.807) is 36.4 Å². The molecule has 0 unspecified atom stereocenters. The molecule has 0 aromatic heterocycles. The van der Waals surface area contributed by atoms with Crippen LogP contribution in [0, 0.1) is 0 Å². The second-order valence-corrected chi connectivity index (χ2v) is 5.81. The van der Waals surface area contributed by atoms with Crippen LogP contribution in [0.5, 0.6) is 11.5 Å². The Bertz CT molecular complexity index is 736. The van der Waals surface area contributed by atoms with Crippen molar-refractivity contribution in [2.24, 2.45) is 0 Å². The summed E-state index contributed by atoms with van der Waals surface area (Å²) in [6.07, 6.45) is 0.668. The van der Waals surface area contributed by atoms with Crippen LogP contribution < -0.4 is 14.8 Å². The Morgan fingerprint density at radius 1 is 1.26 bits per heavy atom. The van der Waals surface area contributed by atoms with E-state index < -0.39 is 0 Å². The van der Waals surface area contributed by atoms with Gasteiger partial charge in [-0.1, -0.05) is 27.5 Å². The van der Waals surface area contributed by atoms with Crippen LogP contribution in [0.25, 0.3) is 0 Å². The number of nitrogens with one attached hydrogen (secondary N) is 1. The zero-order valence-electron chi connectivity index (χ0n) is 12.1. The molecule has 2 rings (SSSR count). The summed E-state index contributed by atoms with van der Waals surface area (Å²) in [6.45, 7) is -0.230. The van der Waals surface area contributed by atoms with E-state index in [4.69, 9.17) is 21.1 Å². The first-order valence-corrected chi connectivity index (χ1v) is 7.71. The molecule has 0 aliphatic rings. The van der Waals surface area contributed by atoms with Crippen molar-refractivity contribution in [3.05, 3.63) is 51.5 Å². The van der Waals surface area contributed by atoms with Gasteiger partial charge in [0.15, 0.2) is 12.9 Å². The van der Waals surface area contributed by atoms with Crippen LogP contribution in [0.4, 0.5) is 5.69 Å². The number of anilines is 1. The summed E-state index contributed by atoms with van der Waals surface area (Å²) in [7, 11) is 1.51. The van der Waals surface area contributed by atoms with Crippen molar-refractivity contribution in [2.75, 3.05) is 19.0 Å². The second-order valence-electron chi connectivity index (χ2n) is 4.49. The van der Waals surface area contributed by atoms with Crippen molar-refractivity contribution < 1.29 is 19.1 Å². The van der Waals surface area contributed by atoms with Gasteiger partial charge in [-0.15, -0.1) is 0 Å². The first kappa shape index (κ1) is 17.3. The second kappa shape index (κ2) is 7.99. The highest BCUT2D eigenvalue weighted by Gasteiger charge is 2.09. The van der Waals surface area contributed by atoms with E-state index >= 15 is 0 Å². The van der Waals surface area contributed by atoms with Crippen molar-refractivity contribution in [1.82, 2.24) is 0 Å². The summed E-state index contributed by atoms with van der Waals surface area (Å²) < 4.78 is 11.2. The third-order valence-corrected chi connectivity index (χ3v) is 3.68. The summed E-state index contributed by atoms with van der Waals surface area (Å²) in [5.41, 5.74) is 0.885. The maximum absolute atomic E-state index is 11.9. The van der Waals surface area contributed by atoms with Gasteiger partial charge in [-0.05, 0) is 36.4 Å². The molecular weight excluding hydrogens is 386 g/mol. The van der Waals surface area contributed by atoms with Gasteiger partial charge in [0.2, 0.25) is 0 Å². The third kappa shape index (κ3) is 4.71. The fourth-order valence-electron chi connectivity index (χ4n) is 1.83. The normalized spacial score (nSPS) is 10.0. The van der Waals surface area contributed by atoms with Gasteiger partial charge in [0.25, 0.3) is 5.91 Å². The molecule has 1 amide bonds. The molecule has 0 aliphatic heterocycles. The van der Waals surface area contributed by atoms with Crippen LogP contribution in [0.1, 0.15) is 10.4 Å². The van der Waals surface area contributed by atoms with Crippen LogP contribution in [-0.2, 0) is 4.79 Å². The lowest BCUT2D eigenvalue weighted by molar-refractivity contribution is -0.118. The minimum Gasteiger partial charge on any atom is -0.495 e. The van der Waals surface area contributed by atoms with Gasteiger partial charge in [-0.25, -0.2) is 0 Å². The van der Waals surface area contributed by atoms with Gasteiger partial charge in [0.05, 0.1) is 17.7 Å². The molecule has 0 heterocycles. The van der Waals surface area contributed by atoms with Gasteiger partial charge >= 0.3 is 0 Å². The summed E-state index contributed by atoms with van der Waals surface area (Å²) in [4.78, 5) is 22.9. The zero-order chi connectivity index (χ0) is 16.8. The molecule has 0 atom stereocenters. The van der Waals surface area contributed by atoms with Crippen molar-refractivity contribution in [3.63, 3.8) is 0 Å². The van der Waals surface area contributed by atoms with Crippen LogP contribution in [-0.4, -0.2) is 25.9 Å². The number of aldehydes is 1. The van der Waals surface area contributed by atoms with Gasteiger partial charge < -0.3 is 14.8 Å². The smallest absolute Gasteiger partial charge is 0.262 e. The Balaban J connectivity index is 1.98. The SMILES string of the molecule is COc1ccc(NC(=O)COc2ccc(Br)cc2C=O)cc1Cl. The minimum atomic E-state index is -0.369. The molecule has 0 radical (unpaired) electrons. The zero-order valence-corrected chi connectivity index (χ0v) is 14.5. The number of amides is 1. The first-order valence-electron chi connectivity index (χ1n) is 6.54. The number of hydrogen-bond acceptors (Lipinski definition) is 4. The summed E-state index contributed by atoms with van der Waals surface area (Å²) in [6, 6.07) is 9.85. The lowest BCUT2D eigenvalue weighted by Gasteiger charge is -2.10. The molecule has 0 spiro atoms. The highest BCUT2D eigenvalue weighted by Crippen LogP contribution is 2.27. The van der Waals surface area contributed by atoms with Crippen LogP contribution in [0.2, 0.25) is 5.02 Å². The maximum atomic E-state index is 11.9. The summed E-state index contributed by atoms with van der Waals surface area (Å²) >= 11 is 9.25. The maximum Gasteiger partial charge on any atom is 0.262 e. The van der Waals surface area contributed by atoms with Crippen molar-refractivity contribution in [3.8, 4) is 11.5 Å². The molecule has 0 aliphatic carbocycles. The molecule has 5 nitrogen and oxygen atoms in total. The molecule has 0 saturated carbocycles. The molecule has 0 saturated heterocycles. The molecule has 1 N–H and O–H groups in total. The Morgan fingerprint density at radius 3 is 2.65 bits per heavy atom. The van der Waals surface area contributed by atoms with E-state index in [0.717, 1.165) is 4.47 Å². The predicted molar refractivity (Wildman–Crippen MR) is 91.7 cm³/mol. The van der Waals surface area contributed by atoms with E-state index in [1.807, 2.05) is 0 Å². The lowest BCUT2D eigenvalue weighted by atomic mass is 10.2. The summed E-state index contributed by atoms with van der Waals surface area (Å²) in [5.74, 6) is 0.489. The van der Waals surface area contributed by atoms with Crippen LogP contribution in [0.3, 0.4) is 0 Å². The number of ether oxygens (including phenoxy) is 2. The van der Waals surface area contributed by atoms with Crippen LogP contribution >= 0.6 is 27.5 Å². The predicted octanol–water partition coefficient (Wildman–Crippen LogP) is 3.94. The number of halogens is 2. The van der Waals surface area contributed by atoms with Gasteiger partial charge in [0.1, 0.15) is 11.5 Å². The molecule has 0 fully saturated rings. The topological polar surface area (TPSA) is 64.6 Å². The number of methoxy groups -OCH3 is 1. The highest BCUT2D eigenvalue weighted by molar-refractivity contribution is 9.10. The first-order chi connectivity index (χ1) is 11.0. The van der Waals surface area contributed by atoms with E-state index in [1.165, 1.54) is 7.11 Å². The number of benzene rings is 2. The molecule has 2 aromatic rings. The Kier molecular flexibility index (Phi) is 6.01. The molecule has 120 valence electrons. The molecular formula is C16H13BrClNO4. The molecule has 7 heteroatoms. The highest BCUT2D eigenvalue weighted by atomic mass is 79.9. The molecule has 0 bridgehead atoms. The van der Waals surface area contributed by atoms with Gasteiger partial charge in [0, 0.05) is 10.2 Å². The molecule has 2 aromatic carbocycles. The minimum absolute atomic E-state index is 0.230. The molecule has 23 heavy (non-hydrogen) atoms. The lowest BCUT2D eigenvalue weighted by Crippen LogP contribution is -2.20. The monoisotopic (exact) mass is 397 g/mol. The van der Waals surface area contributed by atoms with Crippen molar-refractivity contribution >= 4 is 45.4 Å². The summed E-state index contributed by atoms with van der Waals surface area (Å²) in [5, 5.41) is 3.04. The largest absolute Gasteiger partial charge is 0.495 e. The number of carbonyl (C=O) groups excluding carboxylic acids is 2. The van der Waals surface area contributed by atoms with E-state index in [0.29, 0.717) is 34.1 Å². The van der Waals surface area contributed by atoms with Gasteiger partial charge in [-0.3, -0.25) is 9.59 Å². The van der Waals surface area contributed by atoms with E-state index in [-0.39, 0.29) is 12.5 Å². The number of rotatable bonds is 6. The standard InChI is InChI=1S/C16H13BrClNO4/c1-22-15-5-3-12(7-13(15)18)19-16(21)9-23-14-4-2-11(17)6-10(14)8-20/h2-8H,9H2,1H3,(H,19,21). The average molecular weight is 399 g/mol. The Hall–Kier alpha value is -2.05. The van der Waals surface area contributed by atoms with E-state index in [9.17, 15) is 9.59 Å². The van der Waals surface area contributed by atoms with Crippen molar-refractivity contribution in [1.29, 1.82) is 0 Å². The fraction of sp³-hybridized carbons (Fsp3) is 0.125. The Labute approximate surface area is 146 Å². The fourth-order valence-corrected chi connectivity index (χ4v) is 2.46. The van der Waals surface area contributed by atoms with Gasteiger partial charge in [-0.2, -0.15) is 0 Å². The number of hydrogen-bond donors (Lipinski definition) is 1. The van der Waals surface area contributed by atoms with E-state index in [2.05, 4.69) is 21.2 Å². The number of carbonyl (C=O) groups is 2. The Morgan fingerprint density at radius 2 is 2.00 bits per heavy atom. The quantitative estimate of drug-likeness (QED) is 0.749. The van der Waals surface area contributed by atoms with Crippen LogP contribution in [0.15, 0.2) is 40.9 Å². The average Bonchev–Trinajstić information content (AvgIpc) is 2.53. The third-order valence-electron chi connectivity index (χ3n) is 2.89. The van der Waals surface area contributed by atoms with Crippen molar-refractivity contribution in [2.45, 2.75) is 0 Å².